The van der Waals surface area contributed by atoms with E-state index in [-0.39, 0.29) is 11.4 Å². The first-order valence-electron chi connectivity index (χ1n) is 8.88. The first-order valence-corrected chi connectivity index (χ1v) is 8.88. The van der Waals surface area contributed by atoms with Crippen molar-refractivity contribution in [2.75, 3.05) is 5.73 Å². The monoisotopic (exact) mass is 346 g/mol. The van der Waals surface area contributed by atoms with Crippen LogP contribution < -0.4 is 11.1 Å². The van der Waals surface area contributed by atoms with Crippen LogP contribution in [0.4, 0.5) is 5.82 Å². The van der Waals surface area contributed by atoms with E-state index >= 15 is 0 Å². The van der Waals surface area contributed by atoms with Gasteiger partial charge >= 0.3 is 0 Å². The third-order valence-corrected chi connectivity index (χ3v) is 5.28. The lowest BCUT2D eigenvalue weighted by Gasteiger charge is -2.39. The molecule has 1 fully saturated rings. The molecule has 1 saturated carbocycles. The zero-order chi connectivity index (χ0) is 18.3. The molecular weight excluding hydrogens is 324 g/mol. The summed E-state index contributed by atoms with van der Waals surface area (Å²) in [7, 11) is 0. The van der Waals surface area contributed by atoms with Gasteiger partial charge < -0.3 is 11.1 Å². The van der Waals surface area contributed by atoms with E-state index in [1.807, 2.05) is 31.2 Å². The van der Waals surface area contributed by atoms with E-state index in [0.717, 1.165) is 40.4 Å². The summed E-state index contributed by atoms with van der Waals surface area (Å²) >= 11 is 0. The number of anilines is 1. The summed E-state index contributed by atoms with van der Waals surface area (Å²) in [5.74, 6) is 0.447. The van der Waals surface area contributed by atoms with Crippen molar-refractivity contribution < 1.29 is 4.79 Å². The Morgan fingerprint density at radius 1 is 1.12 bits per heavy atom. The van der Waals surface area contributed by atoms with Crippen molar-refractivity contribution in [1.29, 1.82) is 0 Å². The number of benzene rings is 1. The number of nitrogens with two attached hydrogens (primary N) is 1. The average Bonchev–Trinajstić information content (AvgIpc) is 2.60. The molecule has 1 aromatic carbocycles. The third-order valence-electron chi connectivity index (χ3n) is 5.28. The van der Waals surface area contributed by atoms with Crippen LogP contribution in [0.1, 0.15) is 42.2 Å². The molecule has 3 aromatic rings. The number of nitrogens with zero attached hydrogens (tertiary/aromatic N) is 2. The molecule has 132 valence electrons. The number of amides is 1. The number of fused-ring (bicyclic) bond motifs is 1. The van der Waals surface area contributed by atoms with Crippen molar-refractivity contribution in [3.63, 3.8) is 0 Å². The largest absolute Gasteiger partial charge is 0.384 e. The van der Waals surface area contributed by atoms with Crippen LogP contribution in [0.25, 0.3) is 21.9 Å². The topological polar surface area (TPSA) is 80.9 Å². The molecule has 5 nitrogen and oxygen atoms in total. The fourth-order valence-electron chi connectivity index (χ4n) is 3.45. The molecule has 2 heterocycles. The molecule has 0 saturated heterocycles. The molecule has 0 aliphatic heterocycles. The Morgan fingerprint density at radius 3 is 2.65 bits per heavy atom. The van der Waals surface area contributed by atoms with Gasteiger partial charge in [-0.2, -0.15) is 0 Å². The van der Waals surface area contributed by atoms with Gasteiger partial charge in [-0.05, 0) is 62.3 Å². The molecule has 0 bridgehead atoms. The van der Waals surface area contributed by atoms with E-state index < -0.39 is 0 Å². The quantitative estimate of drug-likeness (QED) is 0.754. The molecule has 4 rings (SSSR count). The minimum Gasteiger partial charge on any atom is -0.384 e. The van der Waals surface area contributed by atoms with Crippen LogP contribution in [0.2, 0.25) is 0 Å². The average molecular weight is 346 g/mol. The van der Waals surface area contributed by atoms with E-state index in [9.17, 15) is 4.79 Å². The van der Waals surface area contributed by atoms with E-state index in [1.165, 1.54) is 6.42 Å². The summed E-state index contributed by atoms with van der Waals surface area (Å²) in [5, 5.41) is 5.19. The van der Waals surface area contributed by atoms with Crippen LogP contribution >= 0.6 is 0 Å². The zero-order valence-electron chi connectivity index (χ0n) is 15.0. The van der Waals surface area contributed by atoms with Gasteiger partial charge in [0.25, 0.3) is 5.91 Å². The van der Waals surface area contributed by atoms with Crippen molar-refractivity contribution in [2.45, 2.75) is 38.6 Å². The minimum atomic E-state index is -0.0727. The van der Waals surface area contributed by atoms with Crippen LogP contribution in [0, 0.1) is 6.92 Å². The highest BCUT2D eigenvalue weighted by Gasteiger charge is 2.33. The van der Waals surface area contributed by atoms with Gasteiger partial charge in [0.2, 0.25) is 0 Å². The van der Waals surface area contributed by atoms with Crippen molar-refractivity contribution in [3.05, 3.63) is 54.0 Å². The number of aryl methyl sites for hydroxylation is 1. The third kappa shape index (κ3) is 3.01. The van der Waals surface area contributed by atoms with E-state index in [0.29, 0.717) is 11.4 Å². The maximum atomic E-state index is 12.6. The van der Waals surface area contributed by atoms with Crippen molar-refractivity contribution >= 4 is 22.5 Å². The van der Waals surface area contributed by atoms with Crippen LogP contribution in [-0.2, 0) is 0 Å². The predicted octanol–water partition coefficient (Wildman–Crippen LogP) is 3.86. The van der Waals surface area contributed by atoms with Crippen LogP contribution in [0.5, 0.6) is 0 Å². The summed E-state index contributed by atoms with van der Waals surface area (Å²) in [6, 6.07) is 9.88. The van der Waals surface area contributed by atoms with Gasteiger partial charge in [-0.3, -0.25) is 9.78 Å². The first kappa shape index (κ1) is 16.5. The fraction of sp³-hybridized carbons (Fsp3) is 0.286. The van der Waals surface area contributed by atoms with Crippen molar-refractivity contribution in [1.82, 2.24) is 15.3 Å². The normalized spacial score (nSPS) is 15.5. The van der Waals surface area contributed by atoms with Crippen molar-refractivity contribution in [2.24, 2.45) is 0 Å². The number of nitrogens with one attached hydrogen (secondary N) is 1. The Labute approximate surface area is 152 Å². The maximum absolute atomic E-state index is 12.6. The molecule has 0 radical (unpaired) electrons. The van der Waals surface area contributed by atoms with E-state index in [1.54, 1.807) is 12.4 Å². The predicted molar refractivity (Wildman–Crippen MR) is 104 cm³/mol. The second-order valence-electron chi connectivity index (χ2n) is 7.40. The van der Waals surface area contributed by atoms with E-state index in [4.69, 9.17) is 5.73 Å². The second kappa shape index (κ2) is 6.09. The molecule has 1 amide bonds. The summed E-state index contributed by atoms with van der Waals surface area (Å²) in [4.78, 5) is 21.2. The molecule has 0 unspecified atom stereocenters. The van der Waals surface area contributed by atoms with Gasteiger partial charge in [0.05, 0.1) is 5.56 Å². The minimum absolute atomic E-state index is 0.0591. The van der Waals surface area contributed by atoms with Gasteiger partial charge in [0, 0.05) is 34.6 Å². The number of rotatable bonds is 3. The lowest BCUT2D eigenvalue weighted by Crippen LogP contribution is -2.50. The number of carbonyl (C=O) groups excluding carboxylic acids is 1. The zero-order valence-corrected chi connectivity index (χ0v) is 15.0. The van der Waals surface area contributed by atoms with Gasteiger partial charge in [0.15, 0.2) is 0 Å². The summed E-state index contributed by atoms with van der Waals surface area (Å²) < 4.78 is 0. The number of pyridine rings is 2. The highest BCUT2D eigenvalue weighted by Crippen LogP contribution is 2.32. The number of hydrogen-bond donors (Lipinski definition) is 2. The Kier molecular flexibility index (Phi) is 3.87. The first-order chi connectivity index (χ1) is 12.4. The Hall–Kier alpha value is -2.95. The smallest absolute Gasteiger partial charge is 0.253 e. The van der Waals surface area contributed by atoms with Crippen LogP contribution in [0.3, 0.4) is 0 Å². The Bertz CT molecular complexity index is 1010. The summed E-state index contributed by atoms with van der Waals surface area (Å²) in [6.45, 7) is 4.05. The maximum Gasteiger partial charge on any atom is 0.253 e. The van der Waals surface area contributed by atoms with Crippen LogP contribution in [0.15, 0.2) is 42.7 Å². The number of nitrogen functional groups attached to an aromatic ring is 1. The molecule has 1 aliphatic carbocycles. The number of aromatic nitrogens is 2. The summed E-state index contributed by atoms with van der Waals surface area (Å²) in [5.41, 5.74) is 9.13. The van der Waals surface area contributed by atoms with Crippen LogP contribution in [-0.4, -0.2) is 21.4 Å². The highest BCUT2D eigenvalue weighted by atomic mass is 16.1. The molecule has 0 spiro atoms. The lowest BCUT2D eigenvalue weighted by molar-refractivity contribution is 0.0850. The Balaban J connectivity index is 1.70. The Morgan fingerprint density at radius 2 is 1.92 bits per heavy atom. The standard InChI is InChI=1S/C21H22N4O/c1-13-18(15-5-4-14-10-19(22)24-11-16(14)8-15)9-17(12-23-13)20(26)25-21(2)6-3-7-21/h4-5,8-12H,3,6-7H2,1-2H3,(H2,22,24)(H,25,26). The molecule has 5 heteroatoms. The second-order valence-corrected chi connectivity index (χ2v) is 7.40. The van der Waals surface area contributed by atoms with Gasteiger partial charge in [0.1, 0.15) is 5.82 Å². The summed E-state index contributed by atoms with van der Waals surface area (Å²) in [6.07, 6.45) is 6.66. The van der Waals surface area contributed by atoms with Crippen molar-refractivity contribution in [3.8, 4) is 11.1 Å². The fourth-order valence-corrected chi connectivity index (χ4v) is 3.45. The molecule has 3 N–H and O–H groups in total. The van der Waals surface area contributed by atoms with Gasteiger partial charge in [-0.15, -0.1) is 0 Å². The molecule has 26 heavy (non-hydrogen) atoms. The molecule has 2 aromatic heterocycles. The van der Waals surface area contributed by atoms with E-state index in [2.05, 4.69) is 28.3 Å². The number of carbonyl (C=O) groups is 1. The number of hydrogen-bond acceptors (Lipinski definition) is 4. The SMILES string of the molecule is Cc1ncc(C(=O)NC2(C)CCC2)cc1-c1ccc2cc(N)ncc2c1. The molecular formula is C21H22N4O. The van der Waals surface area contributed by atoms with Gasteiger partial charge in [-0.1, -0.05) is 12.1 Å². The molecule has 1 aliphatic rings. The highest BCUT2D eigenvalue weighted by molar-refractivity contribution is 5.96. The van der Waals surface area contributed by atoms with Gasteiger partial charge in [-0.25, -0.2) is 4.98 Å². The molecule has 0 atom stereocenters. The lowest BCUT2D eigenvalue weighted by atomic mass is 9.78.